The molecule has 1 aromatic rings. The second kappa shape index (κ2) is 4.96. The average Bonchev–Trinajstić information content (AvgIpc) is 2.72. The monoisotopic (exact) mass is 249 g/mol. The number of aromatic nitrogens is 1. The minimum atomic E-state index is -0.286. The molecular weight excluding hydrogens is 230 g/mol. The number of ether oxygens (including phenoxy) is 1. The van der Waals surface area contributed by atoms with Crippen LogP contribution >= 0.6 is 0 Å². The van der Waals surface area contributed by atoms with Crippen molar-refractivity contribution in [2.45, 2.75) is 44.9 Å². The summed E-state index contributed by atoms with van der Waals surface area (Å²) in [5.41, 5.74) is 0.640. The van der Waals surface area contributed by atoms with Crippen molar-refractivity contribution < 1.29 is 13.9 Å². The van der Waals surface area contributed by atoms with E-state index in [0.717, 1.165) is 25.2 Å². The maximum Gasteiger partial charge on any atom is 0.311 e. The van der Waals surface area contributed by atoms with Crippen LogP contribution in [0.5, 0.6) is 0 Å². The molecule has 18 heavy (non-hydrogen) atoms. The molecule has 0 N–H and O–H groups in total. The lowest BCUT2D eigenvalue weighted by Crippen LogP contribution is -2.23. The van der Waals surface area contributed by atoms with Crippen molar-refractivity contribution >= 4 is 5.97 Å². The van der Waals surface area contributed by atoms with E-state index >= 15 is 0 Å². The molecule has 1 aliphatic carbocycles. The molecule has 98 valence electrons. The number of nitrogens with zero attached hydrogens (tertiary/aromatic N) is 1. The Morgan fingerprint density at radius 3 is 2.94 bits per heavy atom. The molecule has 4 nitrogen and oxygen atoms in total. The van der Waals surface area contributed by atoms with Gasteiger partial charge in [0.05, 0.1) is 19.2 Å². The number of esters is 1. The Hall–Kier alpha value is -1.58. The molecule has 1 aromatic heterocycles. The van der Waals surface area contributed by atoms with Crippen LogP contribution in [0.25, 0.3) is 0 Å². The van der Waals surface area contributed by atoms with Crippen molar-refractivity contribution in [1.82, 2.24) is 4.98 Å². The Labute approximate surface area is 107 Å². The van der Waals surface area contributed by atoms with Crippen molar-refractivity contribution in [3.63, 3.8) is 0 Å². The summed E-state index contributed by atoms with van der Waals surface area (Å²) in [6.07, 6.45) is 7.55. The first kappa shape index (κ1) is 12.9. The molecule has 1 heterocycles. The summed E-state index contributed by atoms with van der Waals surface area (Å²) in [5, 5.41) is 0. The molecule has 0 spiro atoms. The first-order valence-electron chi connectivity index (χ1n) is 6.24. The van der Waals surface area contributed by atoms with Crippen LogP contribution in [0.4, 0.5) is 0 Å². The number of methoxy groups -OCH3 is 1. The van der Waals surface area contributed by atoms with Gasteiger partial charge in [-0.2, -0.15) is 0 Å². The normalized spacial score (nSPS) is 23.1. The summed E-state index contributed by atoms with van der Waals surface area (Å²) in [6, 6.07) is 0. The topological polar surface area (TPSA) is 52.3 Å². The fourth-order valence-corrected chi connectivity index (χ4v) is 2.22. The predicted molar refractivity (Wildman–Crippen MR) is 67.3 cm³/mol. The van der Waals surface area contributed by atoms with Gasteiger partial charge in [-0.3, -0.25) is 4.79 Å². The lowest BCUT2D eigenvalue weighted by Gasteiger charge is -2.26. The van der Waals surface area contributed by atoms with Gasteiger partial charge in [-0.15, -0.1) is 0 Å². The van der Waals surface area contributed by atoms with Gasteiger partial charge in [0.25, 0.3) is 0 Å². The summed E-state index contributed by atoms with van der Waals surface area (Å²) in [6.45, 7) is 4.00. The number of oxazole rings is 1. The summed E-state index contributed by atoms with van der Waals surface area (Å²) in [5.74, 6) is 1.17. The highest BCUT2D eigenvalue weighted by atomic mass is 16.5. The first-order valence-corrected chi connectivity index (χ1v) is 6.24. The fourth-order valence-electron chi connectivity index (χ4n) is 2.22. The van der Waals surface area contributed by atoms with Gasteiger partial charge in [-0.25, -0.2) is 4.98 Å². The number of hydrogen-bond donors (Lipinski definition) is 0. The minimum Gasteiger partial charge on any atom is -0.469 e. The van der Waals surface area contributed by atoms with Crippen LogP contribution in [0.1, 0.15) is 43.5 Å². The van der Waals surface area contributed by atoms with Crippen molar-refractivity contribution in [3.8, 4) is 0 Å². The molecule has 1 unspecified atom stereocenters. The SMILES string of the molecule is COC(=O)Cc1nc(C2(C)CC=CCC2)oc1C. The third-order valence-electron chi connectivity index (χ3n) is 3.55. The van der Waals surface area contributed by atoms with E-state index in [9.17, 15) is 4.79 Å². The van der Waals surface area contributed by atoms with Crippen LogP contribution in [0.2, 0.25) is 0 Å². The first-order chi connectivity index (χ1) is 8.55. The Kier molecular flexibility index (Phi) is 3.55. The molecule has 0 saturated carbocycles. The van der Waals surface area contributed by atoms with E-state index in [2.05, 4.69) is 28.8 Å². The Morgan fingerprint density at radius 1 is 1.56 bits per heavy atom. The molecule has 0 fully saturated rings. The van der Waals surface area contributed by atoms with Gasteiger partial charge in [0.15, 0.2) is 0 Å². The fraction of sp³-hybridized carbons (Fsp3) is 0.571. The van der Waals surface area contributed by atoms with Gasteiger partial charge < -0.3 is 9.15 Å². The lowest BCUT2D eigenvalue weighted by molar-refractivity contribution is -0.139. The standard InChI is InChI=1S/C14H19NO3/c1-10-11(9-12(16)17-3)15-13(18-10)14(2)7-5-4-6-8-14/h4-5H,6-9H2,1-3H3. The number of carbonyl (C=O) groups is 1. The molecule has 0 amide bonds. The van der Waals surface area contributed by atoms with Crippen LogP contribution in [0.3, 0.4) is 0 Å². The summed E-state index contributed by atoms with van der Waals surface area (Å²) >= 11 is 0. The van der Waals surface area contributed by atoms with E-state index in [0.29, 0.717) is 11.5 Å². The van der Waals surface area contributed by atoms with E-state index in [1.54, 1.807) is 0 Å². The van der Waals surface area contributed by atoms with Gasteiger partial charge >= 0.3 is 5.97 Å². The Bertz CT molecular complexity index is 475. The van der Waals surface area contributed by atoms with Crippen LogP contribution in [0.15, 0.2) is 16.6 Å². The molecule has 0 radical (unpaired) electrons. The summed E-state index contributed by atoms with van der Waals surface area (Å²) < 4.78 is 10.4. The van der Waals surface area contributed by atoms with Gasteiger partial charge in [-0.1, -0.05) is 19.1 Å². The second-order valence-corrected chi connectivity index (χ2v) is 5.05. The zero-order valence-electron chi connectivity index (χ0n) is 11.2. The van der Waals surface area contributed by atoms with E-state index in [4.69, 9.17) is 4.42 Å². The molecule has 0 aliphatic heterocycles. The number of rotatable bonds is 3. The highest BCUT2D eigenvalue weighted by Gasteiger charge is 2.32. The van der Waals surface area contributed by atoms with E-state index in [-0.39, 0.29) is 17.8 Å². The zero-order chi connectivity index (χ0) is 13.2. The lowest BCUT2D eigenvalue weighted by atomic mass is 9.79. The van der Waals surface area contributed by atoms with Crippen molar-refractivity contribution in [2.24, 2.45) is 0 Å². The largest absolute Gasteiger partial charge is 0.469 e. The number of hydrogen-bond acceptors (Lipinski definition) is 4. The van der Waals surface area contributed by atoms with Gasteiger partial charge in [0.2, 0.25) is 5.89 Å². The van der Waals surface area contributed by atoms with E-state index in [1.807, 2.05) is 6.92 Å². The van der Waals surface area contributed by atoms with Crippen molar-refractivity contribution in [3.05, 3.63) is 29.5 Å². The van der Waals surface area contributed by atoms with Crippen molar-refractivity contribution in [1.29, 1.82) is 0 Å². The quantitative estimate of drug-likeness (QED) is 0.610. The molecule has 1 aliphatic rings. The van der Waals surface area contributed by atoms with Crippen LogP contribution in [0, 0.1) is 6.92 Å². The predicted octanol–water partition coefficient (Wildman–Crippen LogP) is 2.70. The second-order valence-electron chi connectivity index (χ2n) is 5.05. The van der Waals surface area contributed by atoms with E-state index < -0.39 is 0 Å². The summed E-state index contributed by atoms with van der Waals surface area (Å²) in [7, 11) is 1.38. The highest BCUT2D eigenvalue weighted by molar-refractivity contribution is 5.72. The molecule has 1 atom stereocenters. The number of carbonyl (C=O) groups excluding carboxylic acids is 1. The minimum absolute atomic E-state index is 0.0477. The molecular formula is C14H19NO3. The summed E-state index contributed by atoms with van der Waals surface area (Å²) in [4.78, 5) is 15.8. The Balaban J connectivity index is 2.22. The van der Waals surface area contributed by atoms with Gasteiger partial charge in [-0.05, 0) is 26.2 Å². The number of allylic oxidation sites excluding steroid dienone is 2. The third kappa shape index (κ3) is 2.47. The maximum atomic E-state index is 11.3. The van der Waals surface area contributed by atoms with Crippen LogP contribution in [-0.4, -0.2) is 18.1 Å². The number of aryl methyl sites for hydroxylation is 1. The van der Waals surface area contributed by atoms with Crippen LogP contribution in [-0.2, 0) is 21.4 Å². The molecule has 2 rings (SSSR count). The average molecular weight is 249 g/mol. The Morgan fingerprint density at radius 2 is 2.33 bits per heavy atom. The van der Waals surface area contributed by atoms with Crippen molar-refractivity contribution in [2.75, 3.05) is 7.11 Å². The zero-order valence-corrected chi connectivity index (χ0v) is 11.2. The molecule has 0 saturated heterocycles. The van der Waals surface area contributed by atoms with Gasteiger partial charge in [0.1, 0.15) is 5.76 Å². The molecule has 4 heteroatoms. The van der Waals surface area contributed by atoms with E-state index in [1.165, 1.54) is 7.11 Å². The molecule has 0 bridgehead atoms. The van der Waals surface area contributed by atoms with Gasteiger partial charge in [0, 0.05) is 5.41 Å². The third-order valence-corrected chi connectivity index (χ3v) is 3.55. The van der Waals surface area contributed by atoms with Crippen LogP contribution < -0.4 is 0 Å². The smallest absolute Gasteiger partial charge is 0.311 e. The molecule has 0 aromatic carbocycles. The highest BCUT2D eigenvalue weighted by Crippen LogP contribution is 2.36. The maximum absolute atomic E-state index is 11.3.